The highest BCUT2D eigenvalue weighted by atomic mass is 79.9. The van der Waals surface area contributed by atoms with E-state index < -0.39 is 0 Å². The maximum atomic E-state index is 13.4. The van der Waals surface area contributed by atoms with Gasteiger partial charge in [-0.1, -0.05) is 77.5 Å². The van der Waals surface area contributed by atoms with Crippen LogP contribution in [0.25, 0.3) is 6.08 Å². The third-order valence-corrected chi connectivity index (χ3v) is 6.43. The van der Waals surface area contributed by atoms with Crippen molar-refractivity contribution < 1.29 is 19.1 Å². The predicted octanol–water partition coefficient (Wildman–Crippen LogP) is 7.30. The first-order chi connectivity index (χ1) is 19.4. The standard InChI is InChI=1S/C33H29BrN2O4/c1-2-20-40-28-16-10-23(11-17-28)12-19-31(37)35-27-15-18-30(29(22-27)33(39)25-6-4-3-5-7-25)36-32(38)21-24-8-13-26(34)14-9-24/h3-19,22H,2,20-21H2,1H3,(H,35,37)(H,36,38)/b19-12+. The Bertz CT molecular complexity index is 1500. The van der Waals surface area contributed by atoms with E-state index in [9.17, 15) is 14.4 Å². The summed E-state index contributed by atoms with van der Waals surface area (Å²) in [6.45, 7) is 2.70. The normalized spacial score (nSPS) is 10.8. The maximum Gasteiger partial charge on any atom is 0.248 e. The molecule has 6 nitrogen and oxygen atoms in total. The fourth-order valence-electron chi connectivity index (χ4n) is 3.90. The minimum absolute atomic E-state index is 0.154. The summed E-state index contributed by atoms with van der Waals surface area (Å²) in [5.74, 6) is -0.0913. The van der Waals surface area contributed by atoms with Gasteiger partial charge < -0.3 is 15.4 Å². The molecule has 0 fully saturated rings. The van der Waals surface area contributed by atoms with E-state index in [0.29, 0.717) is 23.5 Å². The zero-order valence-electron chi connectivity index (χ0n) is 22.0. The van der Waals surface area contributed by atoms with E-state index in [2.05, 4.69) is 26.6 Å². The quantitative estimate of drug-likeness (QED) is 0.140. The second-order valence-corrected chi connectivity index (χ2v) is 9.96. The number of rotatable bonds is 11. The van der Waals surface area contributed by atoms with Crippen molar-refractivity contribution in [2.45, 2.75) is 19.8 Å². The van der Waals surface area contributed by atoms with Gasteiger partial charge in [0.15, 0.2) is 5.78 Å². The summed E-state index contributed by atoms with van der Waals surface area (Å²) in [6, 6.07) is 28.6. The Morgan fingerprint density at radius 2 is 1.57 bits per heavy atom. The Balaban J connectivity index is 1.50. The predicted molar refractivity (Wildman–Crippen MR) is 163 cm³/mol. The van der Waals surface area contributed by atoms with Crippen molar-refractivity contribution in [3.63, 3.8) is 0 Å². The van der Waals surface area contributed by atoms with Gasteiger partial charge in [0.05, 0.1) is 18.7 Å². The summed E-state index contributed by atoms with van der Waals surface area (Å²) in [5, 5.41) is 5.66. The van der Waals surface area contributed by atoms with E-state index in [-0.39, 0.29) is 29.6 Å². The lowest BCUT2D eigenvalue weighted by Crippen LogP contribution is -2.18. The van der Waals surface area contributed by atoms with Crippen LogP contribution < -0.4 is 15.4 Å². The highest BCUT2D eigenvalue weighted by Crippen LogP contribution is 2.25. The van der Waals surface area contributed by atoms with E-state index in [4.69, 9.17) is 4.74 Å². The van der Waals surface area contributed by atoms with Crippen LogP contribution >= 0.6 is 15.9 Å². The number of ether oxygens (including phenoxy) is 1. The minimum atomic E-state index is -0.351. The average molecular weight is 598 g/mol. The van der Waals surface area contributed by atoms with E-state index in [1.807, 2.05) is 61.5 Å². The molecular weight excluding hydrogens is 568 g/mol. The molecule has 0 aliphatic carbocycles. The topological polar surface area (TPSA) is 84.5 Å². The van der Waals surface area contributed by atoms with Gasteiger partial charge in [0.25, 0.3) is 0 Å². The molecular formula is C33H29BrN2O4. The molecule has 0 aromatic heterocycles. The second-order valence-electron chi connectivity index (χ2n) is 9.05. The van der Waals surface area contributed by atoms with Crippen LogP contribution in [0.15, 0.2) is 108 Å². The van der Waals surface area contributed by atoms with Gasteiger partial charge in [-0.2, -0.15) is 0 Å². The van der Waals surface area contributed by atoms with Gasteiger partial charge in [-0.05, 0) is 66.1 Å². The molecule has 4 aromatic carbocycles. The Morgan fingerprint density at radius 3 is 2.27 bits per heavy atom. The molecule has 4 rings (SSSR count). The van der Waals surface area contributed by atoms with Crippen LogP contribution in [0.1, 0.15) is 40.4 Å². The number of ketones is 1. The number of hydrogen-bond acceptors (Lipinski definition) is 4. The highest BCUT2D eigenvalue weighted by Gasteiger charge is 2.17. The summed E-state index contributed by atoms with van der Waals surface area (Å²) in [7, 11) is 0. The molecule has 0 spiro atoms. The van der Waals surface area contributed by atoms with Crippen LogP contribution in [-0.4, -0.2) is 24.2 Å². The maximum absolute atomic E-state index is 13.4. The Hall–Kier alpha value is -4.49. The Kier molecular flexibility index (Phi) is 10.0. The van der Waals surface area contributed by atoms with Crippen molar-refractivity contribution in [2.24, 2.45) is 0 Å². The molecule has 0 radical (unpaired) electrons. The van der Waals surface area contributed by atoms with E-state index in [0.717, 1.165) is 27.8 Å². The summed E-state index contributed by atoms with van der Waals surface area (Å²) >= 11 is 3.39. The van der Waals surface area contributed by atoms with Gasteiger partial charge >= 0.3 is 0 Å². The highest BCUT2D eigenvalue weighted by molar-refractivity contribution is 9.10. The largest absolute Gasteiger partial charge is 0.494 e. The minimum Gasteiger partial charge on any atom is -0.494 e. The SMILES string of the molecule is CCCOc1ccc(/C=C/C(=O)Nc2ccc(NC(=O)Cc3ccc(Br)cc3)c(C(=O)c3ccccc3)c2)cc1. The van der Waals surface area contributed by atoms with Crippen molar-refractivity contribution in [2.75, 3.05) is 17.2 Å². The van der Waals surface area contributed by atoms with E-state index >= 15 is 0 Å². The van der Waals surface area contributed by atoms with Gasteiger partial charge in [-0.3, -0.25) is 14.4 Å². The number of anilines is 2. The molecule has 0 atom stereocenters. The first kappa shape index (κ1) is 28.5. The molecule has 4 aromatic rings. The number of benzene rings is 4. The van der Waals surface area contributed by atoms with Crippen molar-refractivity contribution in [1.29, 1.82) is 0 Å². The second kappa shape index (κ2) is 14.1. The monoisotopic (exact) mass is 596 g/mol. The number of halogens is 1. The number of hydrogen-bond donors (Lipinski definition) is 2. The number of amides is 2. The first-order valence-electron chi connectivity index (χ1n) is 12.9. The van der Waals surface area contributed by atoms with Crippen LogP contribution in [0.2, 0.25) is 0 Å². The molecule has 0 aliphatic rings. The van der Waals surface area contributed by atoms with Crippen molar-refractivity contribution in [3.05, 3.63) is 130 Å². The van der Waals surface area contributed by atoms with E-state index in [1.165, 1.54) is 6.08 Å². The summed E-state index contributed by atoms with van der Waals surface area (Å²) in [5.41, 5.74) is 3.25. The molecule has 0 unspecified atom stereocenters. The lowest BCUT2D eigenvalue weighted by atomic mass is 10.0. The number of carbonyl (C=O) groups excluding carboxylic acids is 3. The van der Waals surface area contributed by atoms with Crippen molar-refractivity contribution in [1.82, 2.24) is 0 Å². The Labute approximate surface area is 242 Å². The molecule has 0 bridgehead atoms. The molecule has 0 aliphatic heterocycles. The smallest absolute Gasteiger partial charge is 0.248 e. The molecule has 2 amide bonds. The zero-order chi connectivity index (χ0) is 28.3. The zero-order valence-corrected chi connectivity index (χ0v) is 23.6. The van der Waals surface area contributed by atoms with Crippen LogP contribution in [0.3, 0.4) is 0 Å². The van der Waals surface area contributed by atoms with Crippen LogP contribution in [-0.2, 0) is 16.0 Å². The molecule has 2 N–H and O–H groups in total. The fourth-order valence-corrected chi connectivity index (χ4v) is 4.16. The van der Waals surface area contributed by atoms with Crippen LogP contribution in [0.4, 0.5) is 11.4 Å². The van der Waals surface area contributed by atoms with Gasteiger partial charge in [0.2, 0.25) is 11.8 Å². The summed E-state index contributed by atoms with van der Waals surface area (Å²) < 4.78 is 6.51. The van der Waals surface area contributed by atoms with Gasteiger partial charge in [-0.15, -0.1) is 0 Å². The van der Waals surface area contributed by atoms with Gasteiger partial charge in [0.1, 0.15) is 5.75 Å². The van der Waals surface area contributed by atoms with Crippen molar-refractivity contribution in [3.8, 4) is 5.75 Å². The van der Waals surface area contributed by atoms with Gasteiger partial charge in [-0.25, -0.2) is 0 Å². The number of nitrogens with one attached hydrogen (secondary N) is 2. The lowest BCUT2D eigenvalue weighted by molar-refractivity contribution is -0.115. The number of carbonyl (C=O) groups is 3. The molecule has 0 saturated heterocycles. The lowest BCUT2D eigenvalue weighted by Gasteiger charge is -2.13. The molecule has 40 heavy (non-hydrogen) atoms. The average Bonchev–Trinajstić information content (AvgIpc) is 2.97. The summed E-state index contributed by atoms with van der Waals surface area (Å²) in [6.07, 6.45) is 4.21. The molecule has 202 valence electrons. The fraction of sp³-hybridized carbons (Fsp3) is 0.121. The third-order valence-electron chi connectivity index (χ3n) is 5.90. The van der Waals surface area contributed by atoms with Crippen LogP contribution in [0.5, 0.6) is 5.75 Å². The molecule has 0 saturated carbocycles. The third kappa shape index (κ3) is 8.25. The van der Waals surface area contributed by atoms with Gasteiger partial charge in [0, 0.05) is 27.4 Å². The molecule has 0 heterocycles. The summed E-state index contributed by atoms with van der Waals surface area (Å²) in [4.78, 5) is 38.9. The van der Waals surface area contributed by atoms with Crippen molar-refractivity contribution >= 4 is 51.0 Å². The Morgan fingerprint density at radius 1 is 0.850 bits per heavy atom. The van der Waals surface area contributed by atoms with E-state index in [1.54, 1.807) is 48.5 Å². The molecule has 7 heteroatoms. The van der Waals surface area contributed by atoms with Crippen LogP contribution in [0, 0.1) is 0 Å². The first-order valence-corrected chi connectivity index (χ1v) is 13.7.